The summed E-state index contributed by atoms with van der Waals surface area (Å²) in [6.45, 7) is 2.19. The number of methoxy groups -OCH3 is 1. The molecule has 0 spiro atoms. The SMILES string of the molecule is COC1OCC(C(COCc2ccccc2)COCc2ccccc2)OC1O. The van der Waals surface area contributed by atoms with Crippen molar-refractivity contribution in [2.75, 3.05) is 26.9 Å². The second-order valence-electron chi connectivity index (χ2n) is 6.76. The second-order valence-corrected chi connectivity index (χ2v) is 6.76. The third kappa shape index (κ3) is 6.38. The summed E-state index contributed by atoms with van der Waals surface area (Å²) in [6, 6.07) is 20.0. The average Bonchev–Trinajstić information content (AvgIpc) is 2.74. The van der Waals surface area contributed by atoms with E-state index in [1.807, 2.05) is 60.7 Å². The Morgan fingerprint density at radius 2 is 1.46 bits per heavy atom. The van der Waals surface area contributed by atoms with Crippen molar-refractivity contribution in [3.05, 3.63) is 71.8 Å². The summed E-state index contributed by atoms with van der Waals surface area (Å²) in [7, 11) is 1.47. The molecule has 1 aliphatic rings. The van der Waals surface area contributed by atoms with Crippen LogP contribution in [0.2, 0.25) is 0 Å². The van der Waals surface area contributed by atoms with Gasteiger partial charge in [0.2, 0.25) is 12.6 Å². The van der Waals surface area contributed by atoms with Crippen LogP contribution < -0.4 is 0 Å². The van der Waals surface area contributed by atoms with Gasteiger partial charge < -0.3 is 28.8 Å². The van der Waals surface area contributed by atoms with Crippen molar-refractivity contribution in [3.63, 3.8) is 0 Å². The summed E-state index contributed by atoms with van der Waals surface area (Å²) in [5.41, 5.74) is 2.21. The Bertz CT molecular complexity index is 620. The summed E-state index contributed by atoms with van der Waals surface area (Å²) in [5.74, 6) is -0.0834. The van der Waals surface area contributed by atoms with Gasteiger partial charge in [0.15, 0.2) is 0 Å². The molecule has 28 heavy (non-hydrogen) atoms. The molecule has 0 amide bonds. The smallest absolute Gasteiger partial charge is 0.209 e. The monoisotopic (exact) mass is 388 g/mol. The molecule has 1 fully saturated rings. The van der Waals surface area contributed by atoms with E-state index in [2.05, 4.69) is 0 Å². The van der Waals surface area contributed by atoms with E-state index in [9.17, 15) is 5.11 Å². The van der Waals surface area contributed by atoms with Crippen LogP contribution in [-0.4, -0.2) is 50.7 Å². The molecule has 0 aliphatic carbocycles. The molecule has 0 radical (unpaired) electrons. The Kier molecular flexibility index (Phi) is 8.42. The zero-order valence-electron chi connectivity index (χ0n) is 16.1. The topological polar surface area (TPSA) is 66.4 Å². The quantitative estimate of drug-likeness (QED) is 0.675. The van der Waals surface area contributed by atoms with Crippen molar-refractivity contribution in [1.82, 2.24) is 0 Å². The van der Waals surface area contributed by atoms with Gasteiger partial charge in [-0.15, -0.1) is 0 Å². The van der Waals surface area contributed by atoms with Crippen LogP contribution in [0.5, 0.6) is 0 Å². The molecule has 1 saturated heterocycles. The van der Waals surface area contributed by atoms with Gasteiger partial charge in [0, 0.05) is 13.0 Å². The molecule has 1 heterocycles. The van der Waals surface area contributed by atoms with E-state index in [4.69, 9.17) is 23.7 Å². The predicted octanol–water partition coefficient (Wildman–Crippen LogP) is 2.74. The van der Waals surface area contributed by atoms with Crippen LogP contribution in [0.15, 0.2) is 60.7 Å². The molecule has 3 unspecified atom stereocenters. The lowest BCUT2D eigenvalue weighted by molar-refractivity contribution is -0.331. The van der Waals surface area contributed by atoms with Crippen molar-refractivity contribution >= 4 is 0 Å². The molecule has 1 aliphatic heterocycles. The Labute approximate surface area is 165 Å². The molecule has 6 heteroatoms. The van der Waals surface area contributed by atoms with Crippen LogP contribution in [0, 0.1) is 5.92 Å². The van der Waals surface area contributed by atoms with Crippen molar-refractivity contribution in [2.45, 2.75) is 31.9 Å². The fourth-order valence-electron chi connectivity index (χ4n) is 3.05. The number of hydrogen-bond donors (Lipinski definition) is 1. The zero-order chi connectivity index (χ0) is 19.6. The lowest BCUT2D eigenvalue weighted by atomic mass is 10.0. The fraction of sp³-hybridized carbons (Fsp3) is 0.455. The molecule has 152 valence electrons. The van der Waals surface area contributed by atoms with Gasteiger partial charge in [-0.25, -0.2) is 0 Å². The maximum atomic E-state index is 10.0. The maximum Gasteiger partial charge on any atom is 0.209 e. The summed E-state index contributed by atoms with van der Waals surface area (Å²) >= 11 is 0. The first-order valence-electron chi connectivity index (χ1n) is 9.47. The van der Waals surface area contributed by atoms with Crippen LogP contribution >= 0.6 is 0 Å². The normalized spacial score (nSPS) is 22.5. The largest absolute Gasteiger partial charge is 0.376 e. The minimum Gasteiger partial charge on any atom is -0.376 e. The molecule has 0 saturated carbocycles. The summed E-state index contributed by atoms with van der Waals surface area (Å²) < 4.78 is 28.1. The number of aliphatic hydroxyl groups excluding tert-OH is 1. The first-order valence-corrected chi connectivity index (χ1v) is 9.47. The molecule has 2 aromatic carbocycles. The van der Waals surface area contributed by atoms with Crippen LogP contribution in [-0.2, 0) is 36.9 Å². The standard InChI is InChI=1S/C22H28O6/c1-24-22-21(23)28-20(16-27-22)19(14-25-12-17-8-4-2-5-9-17)15-26-13-18-10-6-3-7-11-18/h2-11,19-23H,12-16H2,1H3. The Balaban J connectivity index is 1.53. The molecule has 6 nitrogen and oxygen atoms in total. The zero-order valence-corrected chi connectivity index (χ0v) is 16.1. The van der Waals surface area contributed by atoms with Gasteiger partial charge in [-0.2, -0.15) is 0 Å². The summed E-state index contributed by atoms with van der Waals surface area (Å²) in [5, 5.41) is 10.0. The maximum absolute atomic E-state index is 10.0. The van der Waals surface area contributed by atoms with Crippen molar-refractivity contribution in [1.29, 1.82) is 0 Å². The van der Waals surface area contributed by atoms with Crippen molar-refractivity contribution in [2.24, 2.45) is 5.92 Å². The van der Waals surface area contributed by atoms with E-state index in [1.165, 1.54) is 7.11 Å². The van der Waals surface area contributed by atoms with E-state index in [-0.39, 0.29) is 12.0 Å². The third-order valence-corrected chi connectivity index (χ3v) is 4.62. The predicted molar refractivity (Wildman–Crippen MR) is 103 cm³/mol. The van der Waals surface area contributed by atoms with Crippen LogP contribution in [0.4, 0.5) is 0 Å². The summed E-state index contributed by atoms with van der Waals surface area (Å²) in [6.07, 6.45) is -2.24. The third-order valence-electron chi connectivity index (χ3n) is 4.62. The van der Waals surface area contributed by atoms with E-state index in [0.29, 0.717) is 33.0 Å². The highest BCUT2D eigenvalue weighted by Crippen LogP contribution is 2.21. The van der Waals surface area contributed by atoms with Gasteiger partial charge in [0.1, 0.15) is 0 Å². The number of rotatable bonds is 10. The van der Waals surface area contributed by atoms with Gasteiger partial charge in [-0.1, -0.05) is 60.7 Å². The van der Waals surface area contributed by atoms with Crippen LogP contribution in [0.3, 0.4) is 0 Å². The average molecular weight is 388 g/mol. The lowest BCUT2D eigenvalue weighted by Crippen LogP contribution is -2.48. The van der Waals surface area contributed by atoms with Gasteiger partial charge in [-0.3, -0.25) is 0 Å². The molecule has 1 N–H and O–H groups in total. The highest BCUT2D eigenvalue weighted by molar-refractivity contribution is 5.14. The van der Waals surface area contributed by atoms with Gasteiger partial charge >= 0.3 is 0 Å². The van der Waals surface area contributed by atoms with E-state index in [1.54, 1.807) is 0 Å². The second kappa shape index (κ2) is 11.3. The molecule has 2 aromatic rings. The highest BCUT2D eigenvalue weighted by atomic mass is 16.8. The number of benzene rings is 2. The van der Waals surface area contributed by atoms with Crippen molar-refractivity contribution in [3.8, 4) is 0 Å². The fourth-order valence-corrected chi connectivity index (χ4v) is 3.05. The molecule has 0 bridgehead atoms. The van der Waals surface area contributed by atoms with Gasteiger partial charge in [-0.05, 0) is 11.1 Å². The molecular formula is C22H28O6. The molecule has 3 rings (SSSR count). The molecular weight excluding hydrogens is 360 g/mol. The number of hydrogen-bond acceptors (Lipinski definition) is 6. The van der Waals surface area contributed by atoms with Gasteiger partial charge in [0.05, 0.1) is 39.1 Å². The Morgan fingerprint density at radius 1 is 0.929 bits per heavy atom. The van der Waals surface area contributed by atoms with E-state index in [0.717, 1.165) is 11.1 Å². The molecule has 3 atom stereocenters. The number of ether oxygens (including phenoxy) is 5. The number of aliphatic hydroxyl groups is 1. The minimum absolute atomic E-state index is 0.0834. The Hall–Kier alpha value is -1.80. The summed E-state index contributed by atoms with van der Waals surface area (Å²) in [4.78, 5) is 0. The van der Waals surface area contributed by atoms with E-state index < -0.39 is 12.6 Å². The minimum atomic E-state index is -1.13. The first-order chi connectivity index (χ1) is 13.8. The van der Waals surface area contributed by atoms with Crippen LogP contribution in [0.1, 0.15) is 11.1 Å². The van der Waals surface area contributed by atoms with E-state index >= 15 is 0 Å². The Morgan fingerprint density at radius 3 is 1.93 bits per heavy atom. The van der Waals surface area contributed by atoms with Crippen molar-refractivity contribution < 1.29 is 28.8 Å². The lowest BCUT2D eigenvalue weighted by Gasteiger charge is -2.36. The highest BCUT2D eigenvalue weighted by Gasteiger charge is 2.35. The molecule has 0 aromatic heterocycles. The first kappa shape index (κ1) is 20.9. The van der Waals surface area contributed by atoms with Crippen LogP contribution in [0.25, 0.3) is 0 Å². The van der Waals surface area contributed by atoms with Gasteiger partial charge in [0.25, 0.3) is 0 Å².